The van der Waals surface area contributed by atoms with E-state index >= 15 is 0 Å². The maximum atomic E-state index is 12.0. The van der Waals surface area contributed by atoms with E-state index in [0.717, 1.165) is 25.3 Å². The summed E-state index contributed by atoms with van der Waals surface area (Å²) >= 11 is 0. The van der Waals surface area contributed by atoms with Gasteiger partial charge in [-0.25, -0.2) is 0 Å². The molecule has 80 valence electrons. The number of rotatable bonds is 3. The molecular weight excluding hydrogens is 176 g/mol. The summed E-state index contributed by atoms with van der Waals surface area (Å²) in [5, 5.41) is 3.26. The van der Waals surface area contributed by atoms with Crippen LogP contribution in [0.25, 0.3) is 0 Å². The van der Waals surface area contributed by atoms with E-state index in [1.54, 1.807) is 0 Å². The van der Waals surface area contributed by atoms with Crippen molar-refractivity contribution in [3.05, 3.63) is 0 Å². The number of hydrogen-bond acceptors (Lipinski definition) is 2. The molecule has 14 heavy (non-hydrogen) atoms. The first-order valence-corrected chi connectivity index (χ1v) is 5.70. The minimum atomic E-state index is 0.0983. The van der Waals surface area contributed by atoms with E-state index in [1.165, 1.54) is 12.8 Å². The standard InChI is InChI=1S/C11H20N2O/c1-8(9-5-6-9)13(2)11(14)10-4-3-7-12-10/h8-10,12H,3-7H2,1-2H3/t8?,10-/m1/s1. The Bertz CT molecular complexity index is 219. The normalized spacial score (nSPS) is 28.9. The van der Waals surface area contributed by atoms with Crippen molar-refractivity contribution < 1.29 is 4.79 Å². The van der Waals surface area contributed by atoms with Crippen LogP contribution in [0.15, 0.2) is 0 Å². The fourth-order valence-electron chi connectivity index (χ4n) is 2.24. The van der Waals surface area contributed by atoms with E-state index < -0.39 is 0 Å². The van der Waals surface area contributed by atoms with Crippen molar-refractivity contribution in [2.45, 2.75) is 44.7 Å². The van der Waals surface area contributed by atoms with E-state index in [9.17, 15) is 4.79 Å². The van der Waals surface area contributed by atoms with Crippen molar-refractivity contribution in [3.8, 4) is 0 Å². The molecule has 1 aliphatic heterocycles. The van der Waals surface area contributed by atoms with Gasteiger partial charge in [0.15, 0.2) is 0 Å². The Morgan fingerprint density at radius 3 is 2.64 bits per heavy atom. The quantitative estimate of drug-likeness (QED) is 0.730. The topological polar surface area (TPSA) is 32.3 Å². The first kappa shape index (κ1) is 9.97. The van der Waals surface area contributed by atoms with Gasteiger partial charge in [-0.05, 0) is 45.1 Å². The van der Waals surface area contributed by atoms with Crippen molar-refractivity contribution in [1.82, 2.24) is 10.2 Å². The van der Waals surface area contributed by atoms with Crippen LogP contribution in [0.4, 0.5) is 0 Å². The lowest BCUT2D eigenvalue weighted by atomic mass is 10.1. The Kier molecular flexibility index (Phi) is 2.77. The molecule has 3 nitrogen and oxygen atoms in total. The molecule has 2 atom stereocenters. The summed E-state index contributed by atoms with van der Waals surface area (Å²) in [6.45, 7) is 3.17. The average Bonchev–Trinajstić information content (AvgIpc) is 2.90. The van der Waals surface area contributed by atoms with Crippen LogP contribution in [0.5, 0.6) is 0 Å². The van der Waals surface area contributed by atoms with Gasteiger partial charge < -0.3 is 10.2 Å². The molecule has 1 saturated heterocycles. The summed E-state index contributed by atoms with van der Waals surface area (Å²) in [7, 11) is 1.95. The van der Waals surface area contributed by atoms with Gasteiger partial charge >= 0.3 is 0 Å². The lowest BCUT2D eigenvalue weighted by Crippen LogP contribution is -2.46. The highest BCUT2D eigenvalue weighted by Crippen LogP contribution is 2.34. The van der Waals surface area contributed by atoms with Crippen molar-refractivity contribution in [1.29, 1.82) is 0 Å². The highest BCUT2D eigenvalue weighted by molar-refractivity contribution is 5.82. The predicted octanol–water partition coefficient (Wildman–Crippen LogP) is 0.995. The van der Waals surface area contributed by atoms with Gasteiger partial charge in [-0.15, -0.1) is 0 Å². The molecule has 1 N–H and O–H groups in total. The Morgan fingerprint density at radius 2 is 2.14 bits per heavy atom. The van der Waals surface area contributed by atoms with Gasteiger partial charge in [0.2, 0.25) is 5.91 Å². The summed E-state index contributed by atoms with van der Waals surface area (Å²) in [6.07, 6.45) is 4.76. The minimum Gasteiger partial charge on any atom is -0.341 e. The largest absolute Gasteiger partial charge is 0.341 e. The third-order valence-corrected chi connectivity index (χ3v) is 3.62. The molecule has 0 bridgehead atoms. The summed E-state index contributed by atoms with van der Waals surface area (Å²) in [5.41, 5.74) is 0. The van der Waals surface area contributed by atoms with E-state index in [0.29, 0.717) is 11.9 Å². The molecule has 2 fully saturated rings. The van der Waals surface area contributed by atoms with E-state index in [1.807, 2.05) is 11.9 Å². The van der Waals surface area contributed by atoms with Crippen LogP contribution < -0.4 is 5.32 Å². The number of likely N-dealkylation sites (N-methyl/N-ethyl adjacent to an activating group) is 1. The zero-order valence-corrected chi connectivity index (χ0v) is 9.12. The van der Waals surface area contributed by atoms with Gasteiger partial charge in [0.1, 0.15) is 0 Å². The van der Waals surface area contributed by atoms with Gasteiger partial charge in [0.25, 0.3) is 0 Å². The third kappa shape index (κ3) is 1.92. The predicted molar refractivity (Wildman–Crippen MR) is 56.0 cm³/mol. The zero-order valence-electron chi connectivity index (χ0n) is 9.12. The Morgan fingerprint density at radius 1 is 1.43 bits per heavy atom. The number of nitrogens with one attached hydrogen (secondary N) is 1. The molecule has 0 radical (unpaired) electrons. The summed E-state index contributed by atoms with van der Waals surface area (Å²) in [5.74, 6) is 1.06. The van der Waals surface area contributed by atoms with E-state index in [4.69, 9.17) is 0 Å². The third-order valence-electron chi connectivity index (χ3n) is 3.62. The van der Waals surface area contributed by atoms with Crippen LogP contribution in [-0.2, 0) is 4.79 Å². The van der Waals surface area contributed by atoms with Crippen molar-refractivity contribution in [3.63, 3.8) is 0 Å². The van der Waals surface area contributed by atoms with Crippen LogP contribution in [0.1, 0.15) is 32.6 Å². The Hall–Kier alpha value is -0.570. The number of amides is 1. The van der Waals surface area contributed by atoms with Gasteiger partial charge in [-0.1, -0.05) is 0 Å². The molecule has 0 aromatic heterocycles. The molecule has 3 heteroatoms. The monoisotopic (exact) mass is 196 g/mol. The molecular formula is C11H20N2O. The Labute approximate surface area is 85.8 Å². The smallest absolute Gasteiger partial charge is 0.239 e. The van der Waals surface area contributed by atoms with Crippen LogP contribution in [0.2, 0.25) is 0 Å². The number of carbonyl (C=O) groups is 1. The maximum Gasteiger partial charge on any atom is 0.239 e. The molecule has 0 aromatic rings. The second-order valence-electron chi connectivity index (χ2n) is 4.68. The van der Waals surface area contributed by atoms with E-state index in [-0.39, 0.29) is 6.04 Å². The highest BCUT2D eigenvalue weighted by Gasteiger charge is 2.35. The molecule has 2 rings (SSSR count). The molecule has 1 amide bonds. The van der Waals surface area contributed by atoms with Crippen molar-refractivity contribution in [2.24, 2.45) is 5.92 Å². The summed E-state index contributed by atoms with van der Waals surface area (Å²) in [4.78, 5) is 13.9. The van der Waals surface area contributed by atoms with E-state index in [2.05, 4.69) is 12.2 Å². The summed E-state index contributed by atoms with van der Waals surface area (Å²) < 4.78 is 0. The van der Waals surface area contributed by atoms with Gasteiger partial charge in [-0.3, -0.25) is 4.79 Å². The average molecular weight is 196 g/mol. The number of carbonyl (C=O) groups excluding carboxylic acids is 1. The first-order valence-electron chi connectivity index (χ1n) is 5.70. The molecule has 0 spiro atoms. The van der Waals surface area contributed by atoms with Crippen molar-refractivity contribution in [2.75, 3.05) is 13.6 Å². The van der Waals surface area contributed by atoms with Gasteiger partial charge in [0, 0.05) is 13.1 Å². The second-order valence-corrected chi connectivity index (χ2v) is 4.68. The highest BCUT2D eigenvalue weighted by atomic mass is 16.2. The fourth-order valence-corrected chi connectivity index (χ4v) is 2.24. The SMILES string of the molecule is CC(C1CC1)N(C)C(=O)[C@H]1CCCN1. The van der Waals surface area contributed by atoms with Crippen LogP contribution >= 0.6 is 0 Å². The Balaban J connectivity index is 1.88. The molecule has 1 aliphatic carbocycles. The van der Waals surface area contributed by atoms with Crippen molar-refractivity contribution >= 4 is 5.91 Å². The van der Waals surface area contributed by atoms with Crippen LogP contribution in [0.3, 0.4) is 0 Å². The summed E-state index contributed by atoms with van der Waals surface area (Å²) in [6, 6.07) is 0.533. The number of nitrogens with zero attached hydrogens (tertiary/aromatic N) is 1. The van der Waals surface area contributed by atoms with Gasteiger partial charge in [0.05, 0.1) is 6.04 Å². The first-order chi connectivity index (χ1) is 6.70. The lowest BCUT2D eigenvalue weighted by molar-refractivity contribution is -0.133. The zero-order chi connectivity index (χ0) is 10.1. The lowest BCUT2D eigenvalue weighted by Gasteiger charge is -2.27. The molecule has 1 heterocycles. The van der Waals surface area contributed by atoms with Crippen LogP contribution in [-0.4, -0.2) is 36.5 Å². The molecule has 1 saturated carbocycles. The molecule has 0 aromatic carbocycles. The van der Waals surface area contributed by atoms with Gasteiger partial charge in [-0.2, -0.15) is 0 Å². The van der Waals surface area contributed by atoms with Crippen LogP contribution in [0, 0.1) is 5.92 Å². The molecule has 1 unspecified atom stereocenters. The number of hydrogen-bond donors (Lipinski definition) is 1. The second kappa shape index (κ2) is 3.89. The molecule has 2 aliphatic rings. The maximum absolute atomic E-state index is 12.0. The fraction of sp³-hybridized carbons (Fsp3) is 0.909. The minimum absolute atomic E-state index is 0.0983.